The first kappa shape index (κ1) is 57.6. The Bertz CT molecular complexity index is 1340. The largest absolute Gasteiger partial charge is 0.462 e. The van der Waals surface area contributed by atoms with Crippen molar-refractivity contribution in [3.8, 4) is 0 Å². The van der Waals surface area contributed by atoms with E-state index in [-0.39, 0.29) is 26.1 Å². The van der Waals surface area contributed by atoms with Crippen LogP contribution in [0.25, 0.3) is 0 Å². The van der Waals surface area contributed by atoms with Gasteiger partial charge in [0.05, 0.1) is 13.2 Å². The highest BCUT2D eigenvalue weighted by molar-refractivity contribution is 5.70. The molecule has 0 aliphatic carbocycles. The quantitative estimate of drug-likeness (QED) is 0.0267. The second kappa shape index (κ2) is 42.6. The number of carbonyl (C=O) groups is 2. The second-order valence-electron chi connectivity index (χ2n) is 16.1. The highest BCUT2D eigenvalue weighted by Crippen LogP contribution is 2.22. The molecule has 10 heteroatoms. The van der Waals surface area contributed by atoms with Gasteiger partial charge in [0.15, 0.2) is 12.4 Å². The molecule has 0 aromatic rings. The number of aliphatic hydroxyl groups is 4. The van der Waals surface area contributed by atoms with Gasteiger partial charge in [-0.1, -0.05) is 162 Å². The van der Waals surface area contributed by atoms with Crippen molar-refractivity contribution in [2.24, 2.45) is 0 Å². The fraction of sp³-hybridized carbons (Fsp3) is 0.660. The van der Waals surface area contributed by atoms with Gasteiger partial charge in [-0.2, -0.15) is 0 Å². The molecule has 1 heterocycles. The molecular formula is C53H86O10. The van der Waals surface area contributed by atoms with Crippen LogP contribution >= 0.6 is 0 Å². The molecule has 1 saturated heterocycles. The van der Waals surface area contributed by atoms with Crippen LogP contribution in [-0.2, 0) is 28.5 Å². The SMILES string of the molecule is CC/C=C\C/C=C\C/C=C\C/C=C\CCCCCCCCC(=O)OCC(COC1OC(CO)C(O)C(O)C1O)OC(=O)CCCCCCCC/C=C\C/C=C\C/C=C\C/C=C\CC. The zero-order valence-electron chi connectivity index (χ0n) is 39.0. The molecule has 6 atom stereocenters. The van der Waals surface area contributed by atoms with Crippen LogP contribution in [0.4, 0.5) is 0 Å². The molecule has 1 rings (SSSR count). The predicted molar refractivity (Wildman–Crippen MR) is 256 cm³/mol. The Morgan fingerprint density at radius 1 is 0.492 bits per heavy atom. The van der Waals surface area contributed by atoms with Crippen LogP contribution in [0.3, 0.4) is 0 Å². The predicted octanol–water partition coefficient (Wildman–Crippen LogP) is 11.1. The Labute approximate surface area is 381 Å². The van der Waals surface area contributed by atoms with Gasteiger partial charge in [-0.3, -0.25) is 9.59 Å². The van der Waals surface area contributed by atoms with E-state index < -0.39 is 55.4 Å². The molecular weight excluding hydrogens is 797 g/mol. The zero-order chi connectivity index (χ0) is 45.9. The first-order valence-corrected chi connectivity index (χ1v) is 24.3. The number of rotatable bonds is 39. The first-order chi connectivity index (χ1) is 30.8. The third kappa shape index (κ3) is 33.8. The minimum absolute atomic E-state index is 0.204. The van der Waals surface area contributed by atoms with Crippen molar-refractivity contribution in [1.82, 2.24) is 0 Å². The monoisotopic (exact) mass is 883 g/mol. The summed E-state index contributed by atoms with van der Waals surface area (Å²) < 4.78 is 22.2. The number of unbranched alkanes of at least 4 members (excludes halogenated alkanes) is 12. The molecule has 0 aromatic heterocycles. The molecule has 1 aliphatic heterocycles. The minimum Gasteiger partial charge on any atom is -0.462 e. The van der Waals surface area contributed by atoms with E-state index in [9.17, 15) is 30.0 Å². The molecule has 0 aromatic carbocycles. The van der Waals surface area contributed by atoms with Crippen molar-refractivity contribution >= 4 is 11.9 Å². The van der Waals surface area contributed by atoms with Crippen molar-refractivity contribution in [3.63, 3.8) is 0 Å². The van der Waals surface area contributed by atoms with Crippen LogP contribution in [-0.4, -0.2) is 89.0 Å². The second-order valence-corrected chi connectivity index (χ2v) is 16.1. The number of allylic oxidation sites excluding steroid dienone is 16. The molecule has 0 saturated carbocycles. The molecule has 1 aliphatic rings. The van der Waals surface area contributed by atoms with Gasteiger partial charge in [0, 0.05) is 12.8 Å². The molecule has 10 nitrogen and oxygen atoms in total. The van der Waals surface area contributed by atoms with Gasteiger partial charge in [-0.25, -0.2) is 0 Å². The van der Waals surface area contributed by atoms with Crippen LogP contribution in [0.2, 0.25) is 0 Å². The molecule has 6 unspecified atom stereocenters. The number of aliphatic hydroxyl groups excluding tert-OH is 4. The van der Waals surface area contributed by atoms with Gasteiger partial charge in [-0.05, 0) is 89.9 Å². The summed E-state index contributed by atoms with van der Waals surface area (Å²) >= 11 is 0. The van der Waals surface area contributed by atoms with Gasteiger partial charge in [0.25, 0.3) is 0 Å². The first-order valence-electron chi connectivity index (χ1n) is 24.3. The van der Waals surface area contributed by atoms with Gasteiger partial charge < -0.3 is 39.4 Å². The fourth-order valence-electron chi connectivity index (χ4n) is 6.70. The lowest BCUT2D eigenvalue weighted by atomic mass is 9.99. The van der Waals surface area contributed by atoms with E-state index in [2.05, 4.69) is 111 Å². The summed E-state index contributed by atoms with van der Waals surface area (Å²) in [6.45, 7) is 3.16. The van der Waals surface area contributed by atoms with Crippen LogP contribution in [0.1, 0.15) is 168 Å². The average Bonchev–Trinajstić information content (AvgIpc) is 3.28. The molecule has 0 amide bonds. The zero-order valence-corrected chi connectivity index (χ0v) is 39.0. The summed E-state index contributed by atoms with van der Waals surface area (Å²) in [5.41, 5.74) is 0. The maximum atomic E-state index is 12.8. The van der Waals surface area contributed by atoms with Crippen LogP contribution in [0.5, 0.6) is 0 Å². The Morgan fingerprint density at radius 2 is 0.889 bits per heavy atom. The molecule has 358 valence electrons. The normalized spacial score (nSPS) is 20.4. The maximum Gasteiger partial charge on any atom is 0.306 e. The Balaban J connectivity index is 2.32. The summed E-state index contributed by atoms with van der Waals surface area (Å²) in [7, 11) is 0. The average molecular weight is 883 g/mol. The standard InChI is InChI=1S/C53H86O10/c1-3-5-7-9-11-13-15-17-19-21-23-25-27-29-31-33-35-37-39-41-48(55)60-44-46(45-61-53-52(59)51(58)50(57)47(43-54)63-53)62-49(56)42-40-38-36-34-32-30-28-26-24-22-20-18-16-14-12-10-8-6-4-2/h5-8,11-14,17-20,23-26,46-47,50-54,57-59H,3-4,9-10,15-16,21-22,27-45H2,1-2H3/b7-5-,8-6-,13-11-,14-12-,19-17-,20-18-,25-23-,26-24-. The van der Waals surface area contributed by atoms with Crippen LogP contribution < -0.4 is 0 Å². The van der Waals surface area contributed by atoms with Gasteiger partial charge >= 0.3 is 11.9 Å². The molecule has 63 heavy (non-hydrogen) atoms. The number of carbonyl (C=O) groups excluding carboxylic acids is 2. The van der Waals surface area contributed by atoms with Crippen molar-refractivity contribution < 1.29 is 49.0 Å². The van der Waals surface area contributed by atoms with Crippen molar-refractivity contribution in [3.05, 3.63) is 97.2 Å². The van der Waals surface area contributed by atoms with Gasteiger partial charge in [-0.15, -0.1) is 0 Å². The van der Waals surface area contributed by atoms with Crippen LogP contribution in [0.15, 0.2) is 97.2 Å². The summed E-state index contributed by atoms with van der Waals surface area (Å²) in [6, 6.07) is 0. The van der Waals surface area contributed by atoms with Crippen molar-refractivity contribution in [1.29, 1.82) is 0 Å². The van der Waals surface area contributed by atoms with E-state index in [0.29, 0.717) is 12.8 Å². The lowest BCUT2D eigenvalue weighted by Crippen LogP contribution is -2.59. The number of hydrogen-bond donors (Lipinski definition) is 4. The summed E-state index contributed by atoms with van der Waals surface area (Å²) in [4.78, 5) is 25.4. The summed E-state index contributed by atoms with van der Waals surface area (Å²) in [5.74, 6) is -0.847. The molecule has 1 fully saturated rings. The molecule has 4 N–H and O–H groups in total. The van der Waals surface area contributed by atoms with E-state index in [1.807, 2.05) is 0 Å². The van der Waals surface area contributed by atoms with E-state index in [4.69, 9.17) is 18.9 Å². The molecule has 0 bridgehead atoms. The summed E-state index contributed by atoms with van der Waals surface area (Å²) in [5, 5.41) is 40.2. The van der Waals surface area contributed by atoms with Gasteiger partial charge in [0.1, 0.15) is 31.0 Å². The summed E-state index contributed by atoms with van der Waals surface area (Å²) in [6.07, 6.45) is 49.7. The third-order valence-corrected chi connectivity index (χ3v) is 10.5. The smallest absolute Gasteiger partial charge is 0.306 e. The van der Waals surface area contributed by atoms with E-state index >= 15 is 0 Å². The maximum absolute atomic E-state index is 12.8. The topological polar surface area (TPSA) is 152 Å². The third-order valence-electron chi connectivity index (χ3n) is 10.5. The highest BCUT2D eigenvalue weighted by atomic mass is 16.7. The number of esters is 2. The minimum atomic E-state index is -1.61. The van der Waals surface area contributed by atoms with Gasteiger partial charge in [0.2, 0.25) is 0 Å². The Hall–Kier alpha value is -3.38. The molecule has 0 radical (unpaired) electrons. The van der Waals surface area contributed by atoms with E-state index in [1.54, 1.807) is 0 Å². The Morgan fingerprint density at radius 3 is 1.33 bits per heavy atom. The fourth-order valence-corrected chi connectivity index (χ4v) is 6.70. The van der Waals surface area contributed by atoms with E-state index in [1.165, 1.54) is 0 Å². The van der Waals surface area contributed by atoms with Crippen LogP contribution in [0, 0.1) is 0 Å². The van der Waals surface area contributed by atoms with E-state index in [0.717, 1.165) is 128 Å². The lowest BCUT2D eigenvalue weighted by molar-refractivity contribution is -0.305. The number of ether oxygens (including phenoxy) is 4. The van der Waals surface area contributed by atoms with Crippen molar-refractivity contribution in [2.75, 3.05) is 19.8 Å². The highest BCUT2D eigenvalue weighted by Gasteiger charge is 2.44. The Kier molecular flexibility index (Phi) is 38.9. The molecule has 0 spiro atoms. The van der Waals surface area contributed by atoms with Crippen molar-refractivity contribution in [2.45, 2.75) is 205 Å². The number of hydrogen-bond acceptors (Lipinski definition) is 10. The lowest BCUT2D eigenvalue weighted by Gasteiger charge is -2.39.